The van der Waals surface area contributed by atoms with Crippen LogP contribution in [-0.4, -0.2) is 43.6 Å². The molecule has 2 fully saturated rings. The summed E-state index contributed by atoms with van der Waals surface area (Å²) in [6, 6.07) is 0.180. The van der Waals surface area contributed by atoms with E-state index in [0.717, 1.165) is 6.42 Å². The van der Waals surface area contributed by atoms with E-state index in [1.54, 1.807) is 4.90 Å². The van der Waals surface area contributed by atoms with Crippen LogP contribution in [0.5, 0.6) is 0 Å². The molecule has 3 unspecified atom stereocenters. The lowest BCUT2D eigenvalue weighted by atomic mass is 9.74. The molecule has 0 spiro atoms. The summed E-state index contributed by atoms with van der Waals surface area (Å²) in [5.41, 5.74) is 0. The summed E-state index contributed by atoms with van der Waals surface area (Å²) in [6.45, 7) is 9.70. The SMILES string of the molecule is CC(C)C1CN(C(=O)C2CCCNS2(=O)=O)C1C(C)C. The molecule has 3 atom stereocenters. The highest BCUT2D eigenvalue weighted by Gasteiger charge is 2.48. The molecule has 2 aliphatic rings. The zero-order valence-electron chi connectivity index (χ0n) is 12.8. The molecule has 2 saturated heterocycles. The second-order valence-corrected chi connectivity index (χ2v) is 8.65. The Morgan fingerprint density at radius 1 is 1.20 bits per heavy atom. The van der Waals surface area contributed by atoms with Crippen LogP contribution in [-0.2, 0) is 14.8 Å². The molecule has 0 radical (unpaired) electrons. The number of hydrogen-bond donors (Lipinski definition) is 1. The lowest BCUT2D eigenvalue weighted by Gasteiger charge is -2.53. The molecule has 0 bridgehead atoms. The maximum absolute atomic E-state index is 12.6. The fraction of sp³-hybridized carbons (Fsp3) is 0.929. The summed E-state index contributed by atoms with van der Waals surface area (Å²) in [7, 11) is -3.47. The molecule has 2 rings (SSSR count). The van der Waals surface area contributed by atoms with Crippen molar-refractivity contribution in [3.8, 4) is 0 Å². The molecule has 20 heavy (non-hydrogen) atoms. The highest BCUT2D eigenvalue weighted by Crippen LogP contribution is 2.37. The van der Waals surface area contributed by atoms with E-state index in [-0.39, 0.29) is 11.9 Å². The van der Waals surface area contributed by atoms with E-state index in [4.69, 9.17) is 0 Å². The van der Waals surface area contributed by atoms with Gasteiger partial charge in [0.1, 0.15) is 0 Å². The highest BCUT2D eigenvalue weighted by atomic mass is 32.2. The predicted octanol–water partition coefficient (Wildman–Crippen LogP) is 1.21. The third kappa shape index (κ3) is 2.72. The Balaban J connectivity index is 2.13. The summed E-state index contributed by atoms with van der Waals surface area (Å²) in [4.78, 5) is 14.4. The van der Waals surface area contributed by atoms with Crippen LogP contribution >= 0.6 is 0 Å². The average molecular weight is 302 g/mol. The first kappa shape index (κ1) is 15.8. The Kier molecular flexibility index (Phi) is 4.44. The van der Waals surface area contributed by atoms with Crippen molar-refractivity contribution in [1.82, 2.24) is 9.62 Å². The smallest absolute Gasteiger partial charge is 0.242 e. The first-order valence-corrected chi connectivity index (χ1v) is 9.09. The van der Waals surface area contributed by atoms with Gasteiger partial charge in [-0.1, -0.05) is 27.7 Å². The maximum atomic E-state index is 12.6. The molecule has 5 nitrogen and oxygen atoms in total. The van der Waals surface area contributed by atoms with Gasteiger partial charge in [0, 0.05) is 19.1 Å². The zero-order chi connectivity index (χ0) is 15.1. The molecule has 0 aliphatic carbocycles. The summed E-state index contributed by atoms with van der Waals surface area (Å²) in [5, 5.41) is -0.884. The van der Waals surface area contributed by atoms with Crippen molar-refractivity contribution < 1.29 is 13.2 Å². The van der Waals surface area contributed by atoms with Gasteiger partial charge < -0.3 is 4.90 Å². The molecular weight excluding hydrogens is 276 g/mol. The van der Waals surface area contributed by atoms with E-state index in [0.29, 0.717) is 37.3 Å². The number of likely N-dealkylation sites (tertiary alicyclic amines) is 1. The van der Waals surface area contributed by atoms with Crippen LogP contribution in [0.15, 0.2) is 0 Å². The maximum Gasteiger partial charge on any atom is 0.242 e. The third-order valence-corrected chi connectivity index (χ3v) is 6.42. The van der Waals surface area contributed by atoms with Crippen molar-refractivity contribution in [2.75, 3.05) is 13.1 Å². The summed E-state index contributed by atoms with van der Waals surface area (Å²) in [5.74, 6) is 1.16. The van der Waals surface area contributed by atoms with Crippen LogP contribution in [0.25, 0.3) is 0 Å². The quantitative estimate of drug-likeness (QED) is 0.852. The number of rotatable bonds is 3. The van der Waals surface area contributed by atoms with E-state index in [2.05, 4.69) is 32.4 Å². The van der Waals surface area contributed by atoms with Gasteiger partial charge in [0.05, 0.1) is 0 Å². The number of amides is 1. The minimum absolute atomic E-state index is 0.180. The van der Waals surface area contributed by atoms with Gasteiger partial charge in [0.25, 0.3) is 0 Å². The van der Waals surface area contributed by atoms with Crippen LogP contribution in [0.4, 0.5) is 0 Å². The number of sulfonamides is 1. The Morgan fingerprint density at radius 3 is 2.35 bits per heavy atom. The standard InChI is InChI=1S/C14H26N2O3S/c1-9(2)11-8-16(13(11)10(3)4)14(17)12-6-5-7-15-20(12,18)19/h9-13,15H,5-8H2,1-4H3. The molecule has 6 heteroatoms. The summed E-state index contributed by atoms with van der Waals surface area (Å²) < 4.78 is 26.5. The topological polar surface area (TPSA) is 66.5 Å². The van der Waals surface area contributed by atoms with Gasteiger partial charge in [0.15, 0.2) is 5.25 Å². The Bertz CT molecular complexity index is 473. The van der Waals surface area contributed by atoms with Crippen molar-refractivity contribution >= 4 is 15.9 Å². The van der Waals surface area contributed by atoms with Crippen LogP contribution in [0.1, 0.15) is 40.5 Å². The largest absolute Gasteiger partial charge is 0.338 e. The van der Waals surface area contributed by atoms with Crippen molar-refractivity contribution in [3.05, 3.63) is 0 Å². The molecule has 1 N–H and O–H groups in total. The van der Waals surface area contributed by atoms with Crippen LogP contribution < -0.4 is 4.72 Å². The van der Waals surface area contributed by atoms with Crippen molar-refractivity contribution in [2.45, 2.75) is 51.8 Å². The second-order valence-electron chi connectivity index (χ2n) is 6.70. The van der Waals surface area contributed by atoms with Crippen molar-refractivity contribution in [2.24, 2.45) is 17.8 Å². The molecule has 0 aromatic carbocycles. The number of carbonyl (C=O) groups excluding carboxylic acids is 1. The molecule has 0 saturated carbocycles. The summed E-state index contributed by atoms with van der Waals surface area (Å²) >= 11 is 0. The van der Waals surface area contributed by atoms with Gasteiger partial charge in [-0.05, 0) is 30.6 Å². The molecule has 1 amide bonds. The van der Waals surface area contributed by atoms with Gasteiger partial charge >= 0.3 is 0 Å². The van der Waals surface area contributed by atoms with Gasteiger partial charge in [-0.15, -0.1) is 0 Å². The van der Waals surface area contributed by atoms with E-state index < -0.39 is 15.3 Å². The Labute approximate surface area is 122 Å². The second kappa shape index (κ2) is 5.64. The summed E-state index contributed by atoms with van der Waals surface area (Å²) in [6.07, 6.45) is 1.19. The molecule has 2 aliphatic heterocycles. The first-order valence-electron chi connectivity index (χ1n) is 7.54. The van der Waals surface area contributed by atoms with Gasteiger partial charge in [-0.3, -0.25) is 4.79 Å². The lowest BCUT2D eigenvalue weighted by Crippen LogP contribution is -2.65. The fourth-order valence-electron chi connectivity index (χ4n) is 3.45. The van der Waals surface area contributed by atoms with Crippen LogP contribution in [0.3, 0.4) is 0 Å². The lowest BCUT2D eigenvalue weighted by molar-refractivity contribution is -0.148. The van der Waals surface area contributed by atoms with Gasteiger partial charge in [-0.2, -0.15) is 0 Å². The molecular formula is C14H26N2O3S. The average Bonchev–Trinajstić information content (AvgIpc) is 2.25. The Hall–Kier alpha value is -0.620. The zero-order valence-corrected chi connectivity index (χ0v) is 13.6. The van der Waals surface area contributed by atoms with Crippen LogP contribution in [0.2, 0.25) is 0 Å². The first-order chi connectivity index (χ1) is 9.25. The van der Waals surface area contributed by atoms with E-state index in [9.17, 15) is 13.2 Å². The van der Waals surface area contributed by atoms with Gasteiger partial charge in [0.2, 0.25) is 15.9 Å². The normalized spacial score (nSPS) is 33.3. The molecule has 0 aromatic rings. The minimum atomic E-state index is -3.47. The van der Waals surface area contributed by atoms with E-state index in [1.165, 1.54) is 0 Å². The van der Waals surface area contributed by atoms with Crippen molar-refractivity contribution in [1.29, 1.82) is 0 Å². The van der Waals surface area contributed by atoms with Crippen molar-refractivity contribution in [3.63, 3.8) is 0 Å². The Morgan fingerprint density at radius 2 is 1.85 bits per heavy atom. The molecule has 116 valence electrons. The number of nitrogens with zero attached hydrogens (tertiary/aromatic N) is 1. The van der Waals surface area contributed by atoms with Gasteiger partial charge in [-0.25, -0.2) is 13.1 Å². The fourth-order valence-corrected chi connectivity index (χ4v) is 4.95. The number of nitrogens with one attached hydrogen (secondary N) is 1. The monoisotopic (exact) mass is 302 g/mol. The number of hydrogen-bond acceptors (Lipinski definition) is 3. The third-order valence-electron chi connectivity index (χ3n) is 4.62. The number of carbonyl (C=O) groups is 1. The predicted molar refractivity (Wildman–Crippen MR) is 78.6 cm³/mol. The molecule has 2 heterocycles. The van der Waals surface area contributed by atoms with E-state index >= 15 is 0 Å². The minimum Gasteiger partial charge on any atom is -0.338 e. The molecule has 0 aromatic heterocycles. The highest BCUT2D eigenvalue weighted by molar-refractivity contribution is 7.90. The van der Waals surface area contributed by atoms with Crippen LogP contribution in [0, 0.1) is 17.8 Å². The van der Waals surface area contributed by atoms with E-state index in [1.807, 2.05) is 0 Å².